The lowest BCUT2D eigenvalue weighted by atomic mass is 9.98. The lowest BCUT2D eigenvalue weighted by Crippen LogP contribution is -2.81. The number of amides is 2. The standard InChI is InChI=1S/C19H20N2O8S/c1-11(22)28-8-12-10-30-18-19(27-2,17(26)21(18)15(12)16(24)25)20-14(23)9-29-13-6-4-3-5-7-13/h3-7,18H,8-10H2,1-2H3,(H,20,23)(H,24,25)/t18-,19?/m1/s1. The zero-order valence-corrected chi connectivity index (χ0v) is 17.1. The van der Waals surface area contributed by atoms with Crippen LogP contribution in [0.4, 0.5) is 0 Å². The largest absolute Gasteiger partial charge is 0.484 e. The molecule has 0 aromatic heterocycles. The maximum absolute atomic E-state index is 12.9. The predicted molar refractivity (Wildman–Crippen MR) is 104 cm³/mol. The third kappa shape index (κ3) is 3.98. The monoisotopic (exact) mass is 436 g/mol. The SMILES string of the molecule is COC1(NC(=O)COc2ccccc2)C(=O)N2C(C(=O)O)=C(COC(C)=O)CS[C@@H]21. The Morgan fingerprint density at radius 3 is 2.60 bits per heavy atom. The molecule has 2 N–H and O–H groups in total. The lowest BCUT2D eigenvalue weighted by Gasteiger charge is -2.55. The number of carbonyl (C=O) groups excluding carboxylic acids is 3. The Morgan fingerprint density at radius 2 is 2.00 bits per heavy atom. The van der Waals surface area contributed by atoms with Crippen molar-refractivity contribution in [3.8, 4) is 5.75 Å². The molecule has 1 aromatic rings. The van der Waals surface area contributed by atoms with Gasteiger partial charge in [0.2, 0.25) is 0 Å². The number of carbonyl (C=O) groups is 4. The number of carboxylic acids is 1. The summed E-state index contributed by atoms with van der Waals surface area (Å²) in [5, 5.41) is 11.3. The summed E-state index contributed by atoms with van der Waals surface area (Å²) in [5.74, 6) is -2.55. The number of fused-ring (bicyclic) bond motifs is 1. The Kier molecular flexibility index (Phi) is 6.32. The fourth-order valence-corrected chi connectivity index (χ4v) is 4.57. The molecule has 1 aromatic carbocycles. The first kappa shape index (κ1) is 21.7. The Morgan fingerprint density at radius 1 is 1.30 bits per heavy atom. The Hall–Kier alpha value is -3.05. The molecule has 2 heterocycles. The summed E-state index contributed by atoms with van der Waals surface area (Å²) < 4.78 is 15.6. The summed E-state index contributed by atoms with van der Waals surface area (Å²) in [6, 6.07) is 8.67. The van der Waals surface area contributed by atoms with E-state index in [-0.39, 0.29) is 30.2 Å². The van der Waals surface area contributed by atoms with Crippen molar-refractivity contribution in [2.45, 2.75) is 18.0 Å². The molecule has 1 unspecified atom stereocenters. The van der Waals surface area contributed by atoms with Crippen LogP contribution in [0.15, 0.2) is 41.6 Å². The first-order chi connectivity index (χ1) is 14.3. The maximum Gasteiger partial charge on any atom is 0.352 e. The number of para-hydroxylation sites is 1. The molecule has 11 heteroatoms. The van der Waals surface area contributed by atoms with Crippen LogP contribution in [0.1, 0.15) is 6.92 Å². The minimum absolute atomic E-state index is 0.185. The van der Waals surface area contributed by atoms with Gasteiger partial charge in [0.15, 0.2) is 6.61 Å². The van der Waals surface area contributed by atoms with Crippen molar-refractivity contribution in [2.24, 2.45) is 0 Å². The maximum atomic E-state index is 12.9. The first-order valence-corrected chi connectivity index (χ1v) is 9.93. The number of ether oxygens (including phenoxy) is 3. The van der Waals surface area contributed by atoms with E-state index in [0.29, 0.717) is 5.75 Å². The number of rotatable bonds is 8. The molecule has 10 nitrogen and oxygen atoms in total. The van der Waals surface area contributed by atoms with Gasteiger partial charge in [-0.25, -0.2) is 4.79 Å². The van der Waals surface area contributed by atoms with Gasteiger partial charge in [0, 0.05) is 25.4 Å². The lowest BCUT2D eigenvalue weighted by molar-refractivity contribution is -0.193. The van der Waals surface area contributed by atoms with Crippen molar-refractivity contribution >= 4 is 35.5 Å². The molecule has 0 saturated carbocycles. The van der Waals surface area contributed by atoms with Crippen LogP contribution in [-0.2, 0) is 28.7 Å². The van der Waals surface area contributed by atoms with E-state index in [1.54, 1.807) is 30.3 Å². The molecule has 2 aliphatic heterocycles. The Bertz CT molecular complexity index is 903. The van der Waals surface area contributed by atoms with Crippen molar-refractivity contribution in [1.29, 1.82) is 0 Å². The van der Waals surface area contributed by atoms with Crippen molar-refractivity contribution in [2.75, 3.05) is 26.1 Å². The van der Waals surface area contributed by atoms with Gasteiger partial charge in [-0.1, -0.05) is 18.2 Å². The summed E-state index contributed by atoms with van der Waals surface area (Å²) >= 11 is 1.20. The number of nitrogens with zero attached hydrogens (tertiary/aromatic N) is 1. The van der Waals surface area contributed by atoms with Crippen molar-refractivity contribution in [3.05, 3.63) is 41.6 Å². The van der Waals surface area contributed by atoms with Crippen LogP contribution in [0.5, 0.6) is 5.75 Å². The van der Waals surface area contributed by atoms with Gasteiger partial charge in [-0.05, 0) is 12.1 Å². The molecule has 2 aliphatic rings. The molecule has 1 fully saturated rings. The van der Waals surface area contributed by atoms with Crippen LogP contribution >= 0.6 is 11.8 Å². The summed E-state index contributed by atoms with van der Waals surface area (Å²) in [6.45, 7) is 0.619. The average molecular weight is 436 g/mol. The minimum atomic E-state index is -1.71. The van der Waals surface area contributed by atoms with Gasteiger partial charge in [0.05, 0.1) is 0 Å². The molecular formula is C19H20N2O8S. The van der Waals surface area contributed by atoms with E-state index in [0.717, 1.165) is 4.90 Å². The molecular weight excluding hydrogens is 416 g/mol. The number of aliphatic carboxylic acids is 1. The number of hydrogen-bond donors (Lipinski definition) is 2. The fourth-order valence-electron chi connectivity index (χ4n) is 3.15. The van der Waals surface area contributed by atoms with Crippen molar-refractivity contribution in [3.63, 3.8) is 0 Å². The molecule has 0 bridgehead atoms. The normalized spacial score (nSPS) is 22.7. The summed E-state index contributed by atoms with van der Waals surface area (Å²) in [5.41, 5.74) is -1.70. The number of benzene rings is 1. The van der Waals surface area contributed by atoms with Gasteiger partial charge in [0.1, 0.15) is 23.4 Å². The van der Waals surface area contributed by atoms with Gasteiger partial charge in [-0.3, -0.25) is 19.3 Å². The van der Waals surface area contributed by atoms with Gasteiger partial charge < -0.3 is 24.6 Å². The fraction of sp³-hybridized carbons (Fsp3) is 0.368. The molecule has 0 radical (unpaired) electrons. The number of hydrogen-bond acceptors (Lipinski definition) is 8. The molecule has 2 amide bonds. The highest BCUT2D eigenvalue weighted by molar-refractivity contribution is 8.00. The zero-order valence-electron chi connectivity index (χ0n) is 16.2. The van der Waals surface area contributed by atoms with Crippen molar-refractivity contribution < 1.29 is 38.5 Å². The van der Waals surface area contributed by atoms with Crippen LogP contribution in [0.25, 0.3) is 0 Å². The minimum Gasteiger partial charge on any atom is -0.484 e. The topological polar surface area (TPSA) is 131 Å². The molecule has 0 aliphatic carbocycles. The summed E-state index contributed by atoms with van der Waals surface area (Å²) in [4.78, 5) is 49.1. The highest BCUT2D eigenvalue weighted by Gasteiger charge is 2.66. The average Bonchev–Trinajstić information content (AvgIpc) is 2.74. The smallest absolute Gasteiger partial charge is 0.352 e. The summed E-state index contributed by atoms with van der Waals surface area (Å²) in [6.07, 6.45) is 0. The third-order valence-electron chi connectivity index (χ3n) is 4.52. The van der Waals surface area contributed by atoms with Crippen LogP contribution < -0.4 is 10.1 Å². The number of methoxy groups -OCH3 is 1. The van der Waals surface area contributed by atoms with Crippen LogP contribution in [0.2, 0.25) is 0 Å². The second-order valence-electron chi connectivity index (χ2n) is 6.47. The van der Waals surface area contributed by atoms with Crippen LogP contribution in [0.3, 0.4) is 0 Å². The molecule has 0 spiro atoms. The predicted octanol–water partition coefficient (Wildman–Crippen LogP) is 0.341. The van der Waals surface area contributed by atoms with E-state index in [9.17, 15) is 24.3 Å². The van der Waals surface area contributed by atoms with Gasteiger partial charge >= 0.3 is 11.9 Å². The number of nitrogens with one attached hydrogen (secondary N) is 1. The number of β-lactam (4-membered cyclic amide) rings is 1. The second kappa shape index (κ2) is 8.76. The van der Waals surface area contributed by atoms with E-state index < -0.39 is 34.9 Å². The van der Waals surface area contributed by atoms with Crippen molar-refractivity contribution in [1.82, 2.24) is 10.2 Å². The first-order valence-electron chi connectivity index (χ1n) is 8.88. The Balaban J connectivity index is 1.74. The van der Waals surface area contributed by atoms with Gasteiger partial charge in [-0.15, -0.1) is 11.8 Å². The highest BCUT2D eigenvalue weighted by atomic mass is 32.2. The Labute approximate surface area is 176 Å². The van der Waals surface area contributed by atoms with Gasteiger partial charge in [0.25, 0.3) is 17.5 Å². The van der Waals surface area contributed by atoms with E-state index in [1.165, 1.54) is 25.8 Å². The molecule has 2 atom stereocenters. The highest BCUT2D eigenvalue weighted by Crippen LogP contribution is 2.46. The van der Waals surface area contributed by atoms with Gasteiger partial charge in [-0.2, -0.15) is 0 Å². The van der Waals surface area contributed by atoms with E-state index in [1.807, 2.05) is 0 Å². The molecule has 1 saturated heterocycles. The third-order valence-corrected chi connectivity index (χ3v) is 5.90. The zero-order chi connectivity index (χ0) is 21.9. The van der Waals surface area contributed by atoms with Crippen LogP contribution in [-0.4, -0.2) is 70.9 Å². The van der Waals surface area contributed by atoms with E-state index in [4.69, 9.17) is 14.2 Å². The van der Waals surface area contributed by atoms with E-state index in [2.05, 4.69) is 5.32 Å². The summed E-state index contributed by atoms with van der Waals surface area (Å²) in [7, 11) is 1.26. The molecule has 160 valence electrons. The number of thioether (sulfide) groups is 1. The molecule has 3 rings (SSSR count). The number of esters is 1. The van der Waals surface area contributed by atoms with E-state index >= 15 is 0 Å². The van der Waals surface area contributed by atoms with Crippen LogP contribution in [0, 0.1) is 0 Å². The second-order valence-corrected chi connectivity index (χ2v) is 7.53. The number of carboxylic acid groups (broad SMARTS) is 1. The quantitative estimate of drug-likeness (QED) is 0.336. The molecule has 30 heavy (non-hydrogen) atoms.